The molecule has 1 aromatic carbocycles. The predicted octanol–water partition coefficient (Wildman–Crippen LogP) is 5.35. The molecule has 2 atom stereocenters. The number of rotatable bonds is 7. The Bertz CT molecular complexity index is 273. The molecule has 0 unspecified atom stereocenters. The standard InChI is InChI=1S/C14H21ClS/c1-3-8-13(15)14(9-4-2)16-12-10-6-5-7-11-12/h5-7,10-11,13-14H,3-4,8-9H2,1-2H3/t13-,14+/m1/s1. The van der Waals surface area contributed by atoms with Gasteiger partial charge in [0.25, 0.3) is 0 Å². The number of hydrogen-bond donors (Lipinski definition) is 0. The van der Waals surface area contributed by atoms with Crippen LogP contribution in [0.3, 0.4) is 0 Å². The van der Waals surface area contributed by atoms with Crippen molar-refractivity contribution in [2.75, 3.05) is 0 Å². The molecule has 90 valence electrons. The first-order chi connectivity index (χ1) is 7.77. The zero-order chi connectivity index (χ0) is 11.8. The Labute approximate surface area is 109 Å². The van der Waals surface area contributed by atoms with E-state index in [-0.39, 0.29) is 0 Å². The second kappa shape index (κ2) is 8.03. The van der Waals surface area contributed by atoms with Crippen LogP contribution in [0.2, 0.25) is 0 Å². The van der Waals surface area contributed by atoms with Gasteiger partial charge in [-0.05, 0) is 25.0 Å². The molecule has 0 heterocycles. The van der Waals surface area contributed by atoms with Crippen LogP contribution >= 0.6 is 23.4 Å². The van der Waals surface area contributed by atoms with E-state index in [4.69, 9.17) is 11.6 Å². The van der Waals surface area contributed by atoms with Crippen molar-refractivity contribution in [2.24, 2.45) is 0 Å². The number of benzene rings is 1. The summed E-state index contributed by atoms with van der Waals surface area (Å²) in [5, 5.41) is 0.851. The van der Waals surface area contributed by atoms with Crippen LogP contribution in [0.15, 0.2) is 35.2 Å². The lowest BCUT2D eigenvalue weighted by Gasteiger charge is -2.21. The summed E-state index contributed by atoms with van der Waals surface area (Å²) in [6.07, 6.45) is 4.70. The van der Waals surface area contributed by atoms with E-state index in [0.717, 1.165) is 6.42 Å². The van der Waals surface area contributed by atoms with E-state index in [1.54, 1.807) is 0 Å². The largest absolute Gasteiger partial charge is 0.122 e. The molecule has 0 aliphatic rings. The Balaban J connectivity index is 2.57. The van der Waals surface area contributed by atoms with Gasteiger partial charge in [-0.1, -0.05) is 44.9 Å². The van der Waals surface area contributed by atoms with Crippen LogP contribution in [0, 0.1) is 0 Å². The van der Waals surface area contributed by atoms with E-state index >= 15 is 0 Å². The predicted molar refractivity (Wildman–Crippen MR) is 75.5 cm³/mol. The van der Waals surface area contributed by atoms with Crippen molar-refractivity contribution >= 4 is 23.4 Å². The maximum absolute atomic E-state index is 6.45. The fraction of sp³-hybridized carbons (Fsp3) is 0.571. The maximum atomic E-state index is 6.45. The molecule has 0 amide bonds. The van der Waals surface area contributed by atoms with Gasteiger partial charge in [-0.15, -0.1) is 23.4 Å². The monoisotopic (exact) mass is 256 g/mol. The lowest BCUT2D eigenvalue weighted by molar-refractivity contribution is 0.647. The van der Waals surface area contributed by atoms with Crippen molar-refractivity contribution in [1.29, 1.82) is 0 Å². The Morgan fingerprint density at radius 1 is 1.06 bits per heavy atom. The van der Waals surface area contributed by atoms with Crippen molar-refractivity contribution in [2.45, 2.75) is 55.1 Å². The number of hydrogen-bond acceptors (Lipinski definition) is 1. The van der Waals surface area contributed by atoms with Crippen LogP contribution in [0.25, 0.3) is 0 Å². The van der Waals surface area contributed by atoms with Crippen LogP contribution in [0.4, 0.5) is 0 Å². The minimum absolute atomic E-state index is 0.301. The quantitative estimate of drug-likeness (QED) is 0.468. The highest BCUT2D eigenvalue weighted by Gasteiger charge is 2.18. The van der Waals surface area contributed by atoms with Crippen LogP contribution in [-0.4, -0.2) is 10.6 Å². The first kappa shape index (κ1) is 13.9. The highest BCUT2D eigenvalue weighted by Crippen LogP contribution is 2.32. The average Bonchev–Trinajstić information content (AvgIpc) is 2.30. The van der Waals surface area contributed by atoms with E-state index in [1.165, 1.54) is 24.2 Å². The van der Waals surface area contributed by atoms with Crippen molar-refractivity contribution in [1.82, 2.24) is 0 Å². The van der Waals surface area contributed by atoms with E-state index in [2.05, 4.69) is 44.2 Å². The maximum Gasteiger partial charge on any atom is 0.0458 e. The Kier molecular flexibility index (Phi) is 6.98. The Hall–Kier alpha value is -0.140. The molecule has 1 rings (SSSR count). The first-order valence-electron chi connectivity index (χ1n) is 6.13. The topological polar surface area (TPSA) is 0 Å². The third-order valence-corrected chi connectivity index (χ3v) is 4.65. The SMILES string of the molecule is CCC[C@@H](Cl)[C@H](CCC)Sc1ccccc1. The molecule has 0 spiro atoms. The van der Waals surface area contributed by atoms with Crippen molar-refractivity contribution in [3.05, 3.63) is 30.3 Å². The summed E-state index contributed by atoms with van der Waals surface area (Å²) in [6.45, 7) is 4.43. The zero-order valence-electron chi connectivity index (χ0n) is 10.2. The molecule has 0 aromatic heterocycles. The zero-order valence-corrected chi connectivity index (χ0v) is 11.7. The van der Waals surface area contributed by atoms with Crippen LogP contribution < -0.4 is 0 Å². The Morgan fingerprint density at radius 3 is 2.25 bits per heavy atom. The van der Waals surface area contributed by atoms with Crippen LogP contribution in [-0.2, 0) is 0 Å². The van der Waals surface area contributed by atoms with Crippen molar-refractivity contribution in [3.8, 4) is 0 Å². The molecule has 0 radical (unpaired) electrons. The van der Waals surface area contributed by atoms with Gasteiger partial charge >= 0.3 is 0 Å². The fourth-order valence-corrected chi connectivity index (χ4v) is 3.53. The summed E-state index contributed by atoms with van der Waals surface area (Å²) in [5.41, 5.74) is 0. The van der Waals surface area contributed by atoms with Gasteiger partial charge in [-0.25, -0.2) is 0 Å². The van der Waals surface area contributed by atoms with Crippen LogP contribution in [0.5, 0.6) is 0 Å². The molecule has 0 nitrogen and oxygen atoms in total. The summed E-state index contributed by atoms with van der Waals surface area (Å²) < 4.78 is 0. The lowest BCUT2D eigenvalue weighted by atomic mass is 10.1. The molecule has 0 bridgehead atoms. The highest BCUT2D eigenvalue weighted by molar-refractivity contribution is 8.00. The highest BCUT2D eigenvalue weighted by atomic mass is 35.5. The van der Waals surface area contributed by atoms with Crippen molar-refractivity contribution < 1.29 is 0 Å². The van der Waals surface area contributed by atoms with Gasteiger partial charge in [0.1, 0.15) is 0 Å². The van der Waals surface area contributed by atoms with E-state index in [0.29, 0.717) is 10.6 Å². The Morgan fingerprint density at radius 2 is 1.69 bits per heavy atom. The van der Waals surface area contributed by atoms with E-state index in [9.17, 15) is 0 Å². The smallest absolute Gasteiger partial charge is 0.0458 e. The molecule has 0 saturated heterocycles. The second-order valence-corrected chi connectivity index (χ2v) is 5.94. The van der Waals surface area contributed by atoms with Gasteiger partial charge in [-0.3, -0.25) is 0 Å². The number of halogens is 1. The van der Waals surface area contributed by atoms with Gasteiger partial charge in [0.05, 0.1) is 0 Å². The van der Waals surface area contributed by atoms with E-state index < -0.39 is 0 Å². The second-order valence-electron chi connectivity index (χ2n) is 4.06. The minimum Gasteiger partial charge on any atom is -0.122 e. The molecular formula is C14H21ClS. The van der Waals surface area contributed by atoms with E-state index in [1.807, 2.05) is 11.8 Å². The molecule has 0 fully saturated rings. The molecule has 1 aromatic rings. The van der Waals surface area contributed by atoms with Crippen molar-refractivity contribution in [3.63, 3.8) is 0 Å². The number of alkyl halides is 1. The molecular weight excluding hydrogens is 236 g/mol. The number of thioether (sulfide) groups is 1. The third-order valence-electron chi connectivity index (χ3n) is 2.57. The molecule has 2 heteroatoms. The molecule has 0 aliphatic heterocycles. The fourth-order valence-electron chi connectivity index (χ4n) is 1.73. The van der Waals surface area contributed by atoms with Gasteiger partial charge in [0.15, 0.2) is 0 Å². The molecule has 0 saturated carbocycles. The molecule has 16 heavy (non-hydrogen) atoms. The van der Waals surface area contributed by atoms with Gasteiger partial charge in [-0.2, -0.15) is 0 Å². The van der Waals surface area contributed by atoms with Crippen LogP contribution in [0.1, 0.15) is 39.5 Å². The minimum atomic E-state index is 0.301. The average molecular weight is 257 g/mol. The summed E-state index contributed by atoms with van der Waals surface area (Å²) in [4.78, 5) is 1.34. The van der Waals surface area contributed by atoms with Gasteiger partial charge < -0.3 is 0 Å². The normalized spacial score (nSPS) is 14.7. The van der Waals surface area contributed by atoms with Gasteiger partial charge in [0.2, 0.25) is 0 Å². The summed E-state index contributed by atoms with van der Waals surface area (Å²) in [6, 6.07) is 10.6. The molecule has 0 N–H and O–H groups in total. The van der Waals surface area contributed by atoms with Gasteiger partial charge in [0, 0.05) is 15.5 Å². The first-order valence-corrected chi connectivity index (χ1v) is 7.45. The lowest BCUT2D eigenvalue weighted by Crippen LogP contribution is -2.17. The summed E-state index contributed by atoms with van der Waals surface area (Å²) in [7, 11) is 0. The summed E-state index contributed by atoms with van der Waals surface area (Å²) >= 11 is 8.38. The summed E-state index contributed by atoms with van der Waals surface area (Å²) in [5.74, 6) is 0. The third kappa shape index (κ3) is 4.80. The molecule has 0 aliphatic carbocycles.